The highest BCUT2D eigenvalue weighted by molar-refractivity contribution is 8.00. The monoisotopic (exact) mass is 309 g/mol. The molecule has 98 valence electrons. The van der Waals surface area contributed by atoms with Crippen LogP contribution in [-0.2, 0) is 0 Å². The van der Waals surface area contributed by atoms with Crippen molar-refractivity contribution in [1.82, 2.24) is 4.98 Å². The molecule has 0 saturated carbocycles. The molecule has 0 saturated heterocycles. The Labute approximate surface area is 126 Å². The smallest absolute Gasteiger partial charge is 0.173 e. The van der Waals surface area contributed by atoms with E-state index in [2.05, 4.69) is 4.98 Å². The maximum absolute atomic E-state index is 12.0. The van der Waals surface area contributed by atoms with Gasteiger partial charge in [0.1, 0.15) is 0 Å². The van der Waals surface area contributed by atoms with Crippen LogP contribution in [-0.4, -0.2) is 22.8 Å². The summed E-state index contributed by atoms with van der Waals surface area (Å²) in [6, 6.07) is 11.2. The van der Waals surface area contributed by atoms with Crippen molar-refractivity contribution < 1.29 is 4.79 Å². The van der Waals surface area contributed by atoms with Gasteiger partial charge in [-0.25, -0.2) is 4.98 Å². The Bertz CT molecular complexity index is 555. The van der Waals surface area contributed by atoms with Crippen LogP contribution in [0.3, 0.4) is 0 Å². The van der Waals surface area contributed by atoms with Crippen molar-refractivity contribution in [3.05, 3.63) is 53.2 Å². The molecule has 19 heavy (non-hydrogen) atoms. The van der Waals surface area contributed by atoms with Crippen LogP contribution in [0.15, 0.2) is 52.5 Å². The molecule has 0 aliphatic rings. The summed E-state index contributed by atoms with van der Waals surface area (Å²) in [6.07, 6.45) is 3.60. The van der Waals surface area contributed by atoms with Crippen LogP contribution in [0.4, 0.5) is 0 Å². The lowest BCUT2D eigenvalue weighted by atomic mass is 10.1. The molecule has 0 radical (unpaired) electrons. The first-order valence-electron chi connectivity index (χ1n) is 5.60. The minimum atomic E-state index is 0.106. The summed E-state index contributed by atoms with van der Waals surface area (Å²) in [4.78, 5) is 17.3. The molecule has 5 heteroatoms. The van der Waals surface area contributed by atoms with E-state index in [0.29, 0.717) is 10.8 Å². The average Bonchev–Trinajstić information content (AvgIpc) is 2.46. The number of benzene rings is 1. The van der Waals surface area contributed by atoms with E-state index in [1.807, 2.05) is 36.6 Å². The van der Waals surface area contributed by atoms with Crippen LogP contribution in [0.1, 0.15) is 10.4 Å². The van der Waals surface area contributed by atoms with Crippen LogP contribution in [0.2, 0.25) is 5.02 Å². The molecule has 1 heterocycles. The molecule has 2 nitrogen and oxygen atoms in total. The molecule has 0 amide bonds. The van der Waals surface area contributed by atoms with Crippen LogP contribution >= 0.6 is 35.1 Å². The predicted octanol–water partition coefficient (Wildman–Crippen LogP) is 4.43. The van der Waals surface area contributed by atoms with Gasteiger partial charge in [0.15, 0.2) is 5.78 Å². The van der Waals surface area contributed by atoms with Crippen LogP contribution in [0, 0.1) is 0 Å². The highest BCUT2D eigenvalue weighted by Crippen LogP contribution is 2.20. The predicted molar refractivity (Wildman–Crippen MR) is 82.5 cm³/mol. The Morgan fingerprint density at radius 1 is 1.21 bits per heavy atom. The standard InChI is InChI=1S/C14H12ClNOS2/c1-18-12-5-2-10(3-6-12)13(17)9-19-14-7-4-11(15)8-16-14/h2-8H,9H2,1H3. The molecule has 2 rings (SSSR count). The number of carbonyl (C=O) groups excluding carboxylic acids is 1. The van der Waals surface area contributed by atoms with Gasteiger partial charge < -0.3 is 0 Å². The number of halogens is 1. The molecule has 2 aromatic rings. The number of aromatic nitrogens is 1. The largest absolute Gasteiger partial charge is 0.293 e. The average molecular weight is 310 g/mol. The fourth-order valence-corrected chi connectivity index (χ4v) is 2.70. The second kappa shape index (κ2) is 6.98. The third-order valence-electron chi connectivity index (χ3n) is 2.46. The number of Topliss-reactive ketones (excluding diaryl/α,β-unsaturated/α-hetero) is 1. The van der Waals surface area contributed by atoms with Gasteiger partial charge in [0.25, 0.3) is 0 Å². The van der Waals surface area contributed by atoms with Crippen LogP contribution < -0.4 is 0 Å². The van der Waals surface area contributed by atoms with Gasteiger partial charge >= 0.3 is 0 Å². The Morgan fingerprint density at radius 2 is 1.95 bits per heavy atom. The Hall–Kier alpha value is -0.970. The maximum Gasteiger partial charge on any atom is 0.173 e. The van der Waals surface area contributed by atoms with Gasteiger partial charge in [-0.1, -0.05) is 35.5 Å². The van der Waals surface area contributed by atoms with Gasteiger partial charge in [0, 0.05) is 16.7 Å². The second-order valence-corrected chi connectivity index (χ2v) is 6.07. The van der Waals surface area contributed by atoms with E-state index < -0.39 is 0 Å². The summed E-state index contributed by atoms with van der Waals surface area (Å²) in [6.45, 7) is 0. The lowest BCUT2D eigenvalue weighted by molar-refractivity contribution is 0.102. The van der Waals surface area contributed by atoms with Crippen molar-refractivity contribution in [1.29, 1.82) is 0 Å². The molecule has 1 aromatic carbocycles. The van der Waals surface area contributed by atoms with E-state index in [1.165, 1.54) is 11.8 Å². The Morgan fingerprint density at radius 3 is 2.53 bits per heavy atom. The molecule has 0 fully saturated rings. The topological polar surface area (TPSA) is 30.0 Å². The number of pyridine rings is 1. The highest BCUT2D eigenvalue weighted by Gasteiger charge is 2.07. The number of thioether (sulfide) groups is 2. The van der Waals surface area contributed by atoms with Crippen LogP contribution in [0.5, 0.6) is 0 Å². The summed E-state index contributed by atoms with van der Waals surface area (Å²) in [7, 11) is 0. The van der Waals surface area contributed by atoms with Crippen molar-refractivity contribution in [2.24, 2.45) is 0 Å². The summed E-state index contributed by atoms with van der Waals surface area (Å²) in [5.41, 5.74) is 0.735. The Balaban J connectivity index is 1.95. The van der Waals surface area contributed by atoms with E-state index in [0.717, 1.165) is 15.5 Å². The summed E-state index contributed by atoms with van der Waals surface area (Å²) < 4.78 is 0. The fourth-order valence-electron chi connectivity index (χ4n) is 1.45. The molecule has 0 N–H and O–H groups in total. The molecule has 0 atom stereocenters. The van der Waals surface area contributed by atoms with E-state index >= 15 is 0 Å². The second-order valence-electron chi connectivity index (χ2n) is 3.76. The number of carbonyl (C=O) groups is 1. The summed E-state index contributed by atoms with van der Waals surface area (Å²) in [5, 5.41) is 1.40. The van der Waals surface area contributed by atoms with Crippen molar-refractivity contribution in [2.45, 2.75) is 9.92 Å². The van der Waals surface area contributed by atoms with Crippen molar-refractivity contribution in [3.8, 4) is 0 Å². The maximum atomic E-state index is 12.0. The first-order valence-corrected chi connectivity index (χ1v) is 8.19. The molecule has 0 spiro atoms. The van der Waals surface area contributed by atoms with Crippen molar-refractivity contribution in [3.63, 3.8) is 0 Å². The summed E-state index contributed by atoms with van der Waals surface area (Å²) >= 11 is 8.84. The first kappa shape index (κ1) is 14.4. The van der Waals surface area contributed by atoms with Gasteiger partial charge in [0.05, 0.1) is 15.8 Å². The fraction of sp³-hybridized carbons (Fsp3) is 0.143. The van der Waals surface area contributed by atoms with Gasteiger partial charge in [0.2, 0.25) is 0 Å². The van der Waals surface area contributed by atoms with Gasteiger partial charge in [-0.15, -0.1) is 11.8 Å². The molecular formula is C14H12ClNOS2. The third kappa shape index (κ3) is 4.27. The zero-order valence-electron chi connectivity index (χ0n) is 10.3. The SMILES string of the molecule is CSc1ccc(C(=O)CSc2ccc(Cl)cn2)cc1. The van der Waals surface area contributed by atoms with Gasteiger partial charge in [-0.05, 0) is 30.5 Å². The van der Waals surface area contributed by atoms with E-state index in [4.69, 9.17) is 11.6 Å². The minimum absolute atomic E-state index is 0.106. The van der Waals surface area contributed by atoms with E-state index in [1.54, 1.807) is 24.0 Å². The molecule has 1 aromatic heterocycles. The van der Waals surface area contributed by atoms with E-state index in [9.17, 15) is 4.79 Å². The third-order valence-corrected chi connectivity index (χ3v) is 4.37. The number of ketones is 1. The van der Waals surface area contributed by atoms with E-state index in [-0.39, 0.29) is 5.78 Å². The molecule has 0 aliphatic heterocycles. The molecule has 0 aliphatic carbocycles. The lowest BCUT2D eigenvalue weighted by Crippen LogP contribution is -2.02. The number of rotatable bonds is 5. The molecular weight excluding hydrogens is 298 g/mol. The number of nitrogens with zero attached hydrogens (tertiary/aromatic N) is 1. The lowest BCUT2D eigenvalue weighted by Gasteiger charge is -2.02. The summed E-state index contributed by atoms with van der Waals surface area (Å²) in [5.74, 6) is 0.488. The minimum Gasteiger partial charge on any atom is -0.293 e. The molecule has 0 unspecified atom stereocenters. The van der Waals surface area contributed by atoms with Gasteiger partial charge in [-0.2, -0.15) is 0 Å². The zero-order chi connectivity index (χ0) is 13.7. The Kier molecular flexibility index (Phi) is 5.31. The number of hydrogen-bond acceptors (Lipinski definition) is 4. The highest BCUT2D eigenvalue weighted by atomic mass is 35.5. The van der Waals surface area contributed by atoms with Crippen molar-refractivity contribution in [2.75, 3.05) is 12.0 Å². The zero-order valence-corrected chi connectivity index (χ0v) is 12.7. The quantitative estimate of drug-likeness (QED) is 0.603. The van der Waals surface area contributed by atoms with Crippen LogP contribution in [0.25, 0.3) is 0 Å². The first-order chi connectivity index (χ1) is 9.19. The number of hydrogen-bond donors (Lipinski definition) is 0. The van der Waals surface area contributed by atoms with Crippen molar-refractivity contribution >= 4 is 40.9 Å². The normalized spacial score (nSPS) is 10.4. The van der Waals surface area contributed by atoms with Gasteiger partial charge in [-0.3, -0.25) is 4.79 Å². The molecule has 0 bridgehead atoms.